The maximum absolute atomic E-state index is 10.8. The van der Waals surface area contributed by atoms with Gasteiger partial charge >= 0.3 is 5.97 Å². The summed E-state index contributed by atoms with van der Waals surface area (Å²) in [6.07, 6.45) is 4.22. The molecule has 2 heterocycles. The number of hydrogen-bond donors (Lipinski definition) is 2. The Labute approximate surface area is 159 Å². The lowest BCUT2D eigenvalue weighted by Crippen LogP contribution is -2.02. The van der Waals surface area contributed by atoms with Crippen LogP contribution in [0.2, 0.25) is 4.34 Å². The number of rotatable bonds is 6. The van der Waals surface area contributed by atoms with Gasteiger partial charge in [-0.25, -0.2) is 9.97 Å². The Hall–Kier alpha value is -2.44. The van der Waals surface area contributed by atoms with Gasteiger partial charge in [-0.3, -0.25) is 4.79 Å². The number of anilines is 2. The van der Waals surface area contributed by atoms with E-state index < -0.39 is 5.97 Å². The van der Waals surface area contributed by atoms with E-state index in [4.69, 9.17) is 21.7 Å². The number of carbonyl (C=O) groups is 1. The van der Waals surface area contributed by atoms with Crippen molar-refractivity contribution in [3.05, 3.63) is 58.1 Å². The number of benzene rings is 1. The first-order valence-corrected chi connectivity index (χ1v) is 9.48. The summed E-state index contributed by atoms with van der Waals surface area (Å²) >= 11 is 7.48. The minimum atomic E-state index is -0.836. The van der Waals surface area contributed by atoms with Gasteiger partial charge in [0.15, 0.2) is 5.82 Å². The van der Waals surface area contributed by atoms with E-state index in [1.807, 2.05) is 42.6 Å². The molecular weight excluding hydrogens is 370 g/mol. The van der Waals surface area contributed by atoms with Crippen molar-refractivity contribution in [3.8, 4) is 10.7 Å². The lowest BCUT2D eigenvalue weighted by molar-refractivity contribution is -0.136. The fraction of sp³-hybridized carbons (Fsp3) is 0.211. The highest BCUT2D eigenvalue weighted by Crippen LogP contribution is 2.43. The van der Waals surface area contributed by atoms with Gasteiger partial charge in [-0.15, -0.1) is 11.3 Å². The Morgan fingerprint density at radius 1 is 1.23 bits per heavy atom. The molecule has 0 spiro atoms. The molecule has 1 aliphatic carbocycles. The van der Waals surface area contributed by atoms with Crippen molar-refractivity contribution in [2.75, 3.05) is 5.32 Å². The Kier molecular flexibility index (Phi) is 4.61. The van der Waals surface area contributed by atoms with E-state index in [1.165, 1.54) is 11.3 Å². The van der Waals surface area contributed by atoms with Gasteiger partial charge in [-0.2, -0.15) is 0 Å². The normalized spacial score (nSPS) is 13.6. The molecule has 3 aromatic rings. The van der Waals surface area contributed by atoms with Crippen LogP contribution in [0.25, 0.3) is 10.7 Å². The maximum Gasteiger partial charge on any atom is 0.307 e. The summed E-state index contributed by atoms with van der Waals surface area (Å²) in [5, 5.41) is 12.2. The first kappa shape index (κ1) is 17.0. The van der Waals surface area contributed by atoms with Gasteiger partial charge in [0, 0.05) is 17.4 Å². The smallest absolute Gasteiger partial charge is 0.307 e. The lowest BCUT2D eigenvalue weighted by atomic mass is 10.1. The number of nitrogens with one attached hydrogen (secondary N) is 1. The zero-order valence-corrected chi connectivity index (χ0v) is 15.3. The van der Waals surface area contributed by atoms with Crippen molar-refractivity contribution in [3.63, 3.8) is 0 Å². The number of carboxylic acids is 1. The SMILES string of the molecule is O=C(O)Cc1ccc(Nc2nc(-c3ccc(Cl)s3)ncc2C2CC2)cc1. The molecule has 1 saturated carbocycles. The number of carboxylic acid groups (broad SMARTS) is 1. The molecule has 132 valence electrons. The fourth-order valence-corrected chi connectivity index (χ4v) is 3.74. The molecule has 2 aromatic heterocycles. The fourth-order valence-electron chi connectivity index (χ4n) is 2.75. The molecule has 0 atom stereocenters. The van der Waals surface area contributed by atoms with Crippen molar-refractivity contribution in [2.24, 2.45) is 0 Å². The molecule has 0 radical (unpaired) electrons. The van der Waals surface area contributed by atoms with Gasteiger partial charge in [0.1, 0.15) is 5.82 Å². The van der Waals surface area contributed by atoms with Crippen molar-refractivity contribution in [1.29, 1.82) is 0 Å². The van der Waals surface area contributed by atoms with Gasteiger partial charge in [0.05, 0.1) is 15.6 Å². The Morgan fingerprint density at radius 3 is 2.62 bits per heavy atom. The quantitative estimate of drug-likeness (QED) is 0.616. The summed E-state index contributed by atoms with van der Waals surface area (Å²) in [5.41, 5.74) is 2.75. The molecule has 4 rings (SSSR count). The highest BCUT2D eigenvalue weighted by molar-refractivity contribution is 7.19. The lowest BCUT2D eigenvalue weighted by Gasteiger charge is -2.12. The molecule has 5 nitrogen and oxygen atoms in total. The molecule has 1 aromatic carbocycles. The number of nitrogens with zero attached hydrogens (tertiary/aromatic N) is 2. The molecule has 0 aliphatic heterocycles. The van der Waals surface area contributed by atoms with Crippen LogP contribution in [0.15, 0.2) is 42.6 Å². The molecule has 26 heavy (non-hydrogen) atoms. The van der Waals surface area contributed by atoms with E-state index in [-0.39, 0.29) is 6.42 Å². The predicted molar refractivity (Wildman–Crippen MR) is 103 cm³/mol. The second kappa shape index (κ2) is 7.05. The number of aliphatic carboxylic acids is 1. The molecule has 7 heteroatoms. The molecule has 2 N–H and O–H groups in total. The molecule has 0 amide bonds. The summed E-state index contributed by atoms with van der Waals surface area (Å²) in [6.45, 7) is 0. The van der Waals surface area contributed by atoms with Crippen LogP contribution < -0.4 is 5.32 Å². The highest BCUT2D eigenvalue weighted by Gasteiger charge is 2.28. The number of halogens is 1. The highest BCUT2D eigenvalue weighted by atomic mass is 35.5. The largest absolute Gasteiger partial charge is 0.481 e. The molecular formula is C19H16ClN3O2S. The molecule has 0 unspecified atom stereocenters. The third kappa shape index (κ3) is 3.86. The number of hydrogen-bond acceptors (Lipinski definition) is 5. The summed E-state index contributed by atoms with van der Waals surface area (Å²) in [4.78, 5) is 21.0. The molecule has 1 aliphatic rings. The summed E-state index contributed by atoms with van der Waals surface area (Å²) in [6, 6.07) is 11.1. The minimum absolute atomic E-state index is 0.0183. The van der Waals surface area contributed by atoms with Gasteiger partial charge < -0.3 is 10.4 Å². The van der Waals surface area contributed by atoms with E-state index >= 15 is 0 Å². The number of aromatic nitrogens is 2. The first-order chi connectivity index (χ1) is 12.6. The van der Waals surface area contributed by atoms with Crippen LogP contribution in [0.1, 0.15) is 29.9 Å². The van der Waals surface area contributed by atoms with E-state index in [1.54, 1.807) is 0 Å². The first-order valence-electron chi connectivity index (χ1n) is 8.29. The van der Waals surface area contributed by atoms with Gasteiger partial charge in [0.25, 0.3) is 0 Å². The summed E-state index contributed by atoms with van der Waals surface area (Å²) in [7, 11) is 0. The zero-order chi connectivity index (χ0) is 18.1. The van der Waals surface area contributed by atoms with Crippen molar-refractivity contribution >= 4 is 40.4 Å². The standard InChI is InChI=1S/C19H16ClN3O2S/c20-16-8-7-15(26-16)19-21-10-14(12-3-4-12)18(23-19)22-13-5-1-11(2-6-13)9-17(24)25/h1-2,5-8,10,12H,3-4,9H2,(H,24,25)(H,21,22,23). The average Bonchev–Trinajstić information content (AvgIpc) is 3.37. The van der Waals surface area contributed by atoms with Crippen LogP contribution in [-0.2, 0) is 11.2 Å². The summed E-state index contributed by atoms with van der Waals surface area (Å²) in [5.74, 6) is 1.12. The van der Waals surface area contributed by atoms with Crippen molar-refractivity contribution < 1.29 is 9.90 Å². The predicted octanol–water partition coefficient (Wildman–Crippen LogP) is 5.11. The van der Waals surface area contributed by atoms with E-state index in [2.05, 4.69) is 10.3 Å². The van der Waals surface area contributed by atoms with Crippen molar-refractivity contribution in [1.82, 2.24) is 9.97 Å². The van der Waals surface area contributed by atoms with Crippen molar-refractivity contribution in [2.45, 2.75) is 25.2 Å². The third-order valence-corrected chi connectivity index (χ3v) is 5.43. The molecule has 1 fully saturated rings. The van der Waals surface area contributed by atoms with E-state index in [9.17, 15) is 4.79 Å². The minimum Gasteiger partial charge on any atom is -0.481 e. The van der Waals surface area contributed by atoms with Crippen LogP contribution in [-0.4, -0.2) is 21.0 Å². The van der Waals surface area contributed by atoms with Crippen LogP contribution in [0.4, 0.5) is 11.5 Å². The van der Waals surface area contributed by atoms with Gasteiger partial charge in [0.2, 0.25) is 0 Å². The second-order valence-electron chi connectivity index (χ2n) is 6.27. The molecule has 0 bridgehead atoms. The molecule has 0 saturated heterocycles. The maximum atomic E-state index is 10.8. The third-order valence-electron chi connectivity index (χ3n) is 4.20. The van der Waals surface area contributed by atoms with Crippen LogP contribution in [0.5, 0.6) is 0 Å². The van der Waals surface area contributed by atoms with Gasteiger partial charge in [-0.1, -0.05) is 23.7 Å². The second-order valence-corrected chi connectivity index (χ2v) is 7.98. The number of thiophene rings is 1. The average molecular weight is 386 g/mol. The topological polar surface area (TPSA) is 75.1 Å². The van der Waals surface area contributed by atoms with Crippen LogP contribution in [0, 0.1) is 0 Å². The Bertz CT molecular complexity index is 952. The van der Waals surface area contributed by atoms with Gasteiger partial charge in [-0.05, 0) is 48.6 Å². The van der Waals surface area contributed by atoms with E-state index in [0.29, 0.717) is 16.1 Å². The van der Waals surface area contributed by atoms with Crippen LogP contribution in [0.3, 0.4) is 0 Å². The monoisotopic (exact) mass is 385 g/mol. The zero-order valence-electron chi connectivity index (χ0n) is 13.8. The Balaban J connectivity index is 1.62. The Morgan fingerprint density at radius 2 is 2.00 bits per heavy atom. The van der Waals surface area contributed by atoms with E-state index in [0.717, 1.165) is 40.4 Å². The van der Waals surface area contributed by atoms with Crippen LogP contribution >= 0.6 is 22.9 Å². The summed E-state index contributed by atoms with van der Waals surface area (Å²) < 4.78 is 0.707.